The van der Waals surface area contributed by atoms with Gasteiger partial charge in [-0.3, -0.25) is 13.8 Å². The largest absolute Gasteiger partial charge is 0.472 e. The number of nitrogens with zero attached hydrogens (tertiary/aromatic N) is 1. The van der Waals surface area contributed by atoms with Crippen molar-refractivity contribution in [2.75, 3.05) is 40.9 Å². The van der Waals surface area contributed by atoms with Crippen LogP contribution in [0.1, 0.15) is 84.0 Å². The highest BCUT2D eigenvalue weighted by atomic mass is 127. The zero-order chi connectivity index (χ0) is 25.9. The highest BCUT2D eigenvalue weighted by molar-refractivity contribution is 14.1. The van der Waals surface area contributed by atoms with Crippen molar-refractivity contribution in [2.45, 2.75) is 96.1 Å². The quantitative estimate of drug-likeness (QED) is 0.0263. The number of allylic oxidation sites excluding steroid dienone is 1. The van der Waals surface area contributed by atoms with Crippen LogP contribution in [0.2, 0.25) is 0 Å². The van der Waals surface area contributed by atoms with Crippen LogP contribution in [0.25, 0.3) is 0 Å². The molecule has 0 bridgehead atoms. The lowest BCUT2D eigenvalue weighted by Crippen LogP contribution is -2.43. The molecule has 3 unspecified atom stereocenters. The smallest absolute Gasteiger partial charge is 0.387 e. The summed E-state index contributed by atoms with van der Waals surface area (Å²) in [7, 11) is 1.55. The van der Waals surface area contributed by atoms with Crippen molar-refractivity contribution >= 4 is 34.3 Å². The first-order valence-corrected chi connectivity index (χ1v) is 15.3. The molecule has 202 valence electrons. The number of carbonyl (C=O) groups is 1. The maximum absolute atomic E-state index is 12.1. The molecule has 0 spiro atoms. The second-order valence-corrected chi connectivity index (χ2v) is 12.3. The number of phosphoric acid groups is 1. The fraction of sp³-hybridized carbons (Fsp3) is 0.875. The predicted molar refractivity (Wildman–Crippen MR) is 147 cm³/mol. The minimum Gasteiger partial charge on any atom is -0.387 e. The number of likely N-dealkylation sites (N-methyl/N-ethyl adjacent to an activating group) is 1. The van der Waals surface area contributed by atoms with E-state index < -0.39 is 20.0 Å². The van der Waals surface area contributed by atoms with Crippen LogP contribution in [0, 0.1) is 0 Å². The Kier molecular flexibility index (Phi) is 20.1. The van der Waals surface area contributed by atoms with E-state index in [1.807, 2.05) is 27.2 Å². The molecular weight excluding hydrogens is 570 g/mol. The van der Waals surface area contributed by atoms with E-state index in [0.29, 0.717) is 11.0 Å². The first-order chi connectivity index (χ1) is 16.0. The van der Waals surface area contributed by atoms with Gasteiger partial charge in [-0.05, 0) is 12.8 Å². The van der Waals surface area contributed by atoms with Crippen LogP contribution < -0.4 is 5.32 Å². The van der Waals surface area contributed by atoms with E-state index in [2.05, 4.69) is 12.2 Å². The third-order valence-corrected chi connectivity index (χ3v) is 6.75. The summed E-state index contributed by atoms with van der Waals surface area (Å²) in [5.74, 6) is 0. The molecule has 0 saturated heterocycles. The first kappa shape index (κ1) is 34.0. The Morgan fingerprint density at radius 2 is 1.53 bits per heavy atom. The second-order valence-electron chi connectivity index (χ2n) is 9.88. The van der Waals surface area contributed by atoms with Gasteiger partial charge in [0.05, 0.1) is 39.9 Å². The summed E-state index contributed by atoms with van der Waals surface area (Å²) in [6.07, 6.45) is 17.4. The van der Waals surface area contributed by atoms with Crippen LogP contribution in [0.3, 0.4) is 0 Å². The van der Waals surface area contributed by atoms with E-state index in [-0.39, 0.29) is 17.1 Å². The van der Waals surface area contributed by atoms with E-state index >= 15 is 0 Å². The normalized spacial score (nSPS) is 15.9. The van der Waals surface area contributed by atoms with Crippen LogP contribution in [0.15, 0.2) is 12.2 Å². The number of phosphoric ester groups is 1. The number of rotatable bonds is 22. The number of quaternary nitrogens is 1. The van der Waals surface area contributed by atoms with Gasteiger partial charge in [-0.15, -0.1) is 0 Å². The van der Waals surface area contributed by atoms with Crippen LogP contribution in [-0.2, 0) is 13.6 Å². The van der Waals surface area contributed by atoms with Crippen molar-refractivity contribution in [3.05, 3.63) is 12.2 Å². The van der Waals surface area contributed by atoms with Gasteiger partial charge in [0.15, 0.2) is 0 Å². The molecule has 3 atom stereocenters. The molecule has 0 aliphatic rings. The van der Waals surface area contributed by atoms with Crippen molar-refractivity contribution in [1.29, 1.82) is 0 Å². The van der Waals surface area contributed by atoms with E-state index in [1.54, 1.807) is 28.7 Å². The molecule has 0 radical (unpaired) electrons. The van der Waals surface area contributed by atoms with Crippen LogP contribution in [0.4, 0.5) is 4.79 Å². The Balaban J connectivity index is 4.16. The number of hydrogen-bond acceptors (Lipinski definition) is 5. The van der Waals surface area contributed by atoms with Crippen molar-refractivity contribution < 1.29 is 32.9 Å². The van der Waals surface area contributed by atoms with Gasteiger partial charge in [0.1, 0.15) is 13.2 Å². The Bertz CT molecular complexity index is 601. The highest BCUT2D eigenvalue weighted by Crippen LogP contribution is 2.43. The lowest BCUT2D eigenvalue weighted by molar-refractivity contribution is -0.870. The third kappa shape index (κ3) is 22.4. The van der Waals surface area contributed by atoms with E-state index in [1.165, 1.54) is 57.8 Å². The topological polar surface area (TPSA) is 105 Å². The summed E-state index contributed by atoms with van der Waals surface area (Å²) in [6.45, 7) is 2.50. The molecule has 0 saturated carbocycles. The summed E-state index contributed by atoms with van der Waals surface area (Å²) >= 11 is 1.55. The number of hydrogen-bond donors (Lipinski definition) is 3. The van der Waals surface area contributed by atoms with Crippen LogP contribution in [-0.4, -0.2) is 71.4 Å². The van der Waals surface area contributed by atoms with Crippen molar-refractivity contribution in [3.63, 3.8) is 0 Å². The number of carbonyl (C=O) groups excluding carboxylic acids is 1. The zero-order valence-corrected chi connectivity index (χ0v) is 24.8. The second kappa shape index (κ2) is 20.1. The molecule has 10 heteroatoms. The minimum atomic E-state index is -4.27. The summed E-state index contributed by atoms with van der Waals surface area (Å²) in [6, 6.07) is -0.847. The fourth-order valence-corrected chi connectivity index (χ4v) is 4.45. The number of unbranched alkanes of at least 4 members (excludes halogenated alkanes) is 11. The maximum Gasteiger partial charge on any atom is 0.472 e. The average molecular weight is 620 g/mol. The van der Waals surface area contributed by atoms with Crippen molar-refractivity contribution in [1.82, 2.24) is 5.32 Å². The summed E-state index contributed by atoms with van der Waals surface area (Å²) in [4.78, 5) is 21.3. The van der Waals surface area contributed by atoms with E-state index in [4.69, 9.17) is 9.05 Å². The number of halogens is 1. The molecule has 0 fully saturated rings. The van der Waals surface area contributed by atoms with Gasteiger partial charge in [0.25, 0.3) is 3.91 Å². The Morgan fingerprint density at radius 1 is 1.00 bits per heavy atom. The van der Waals surface area contributed by atoms with Gasteiger partial charge in [0.2, 0.25) is 0 Å². The minimum absolute atomic E-state index is 0.0575. The molecule has 8 nitrogen and oxygen atoms in total. The molecule has 0 rings (SSSR count). The highest BCUT2D eigenvalue weighted by Gasteiger charge is 2.27. The Hall–Kier alpha value is -0.0300. The molecule has 34 heavy (non-hydrogen) atoms. The zero-order valence-electron chi connectivity index (χ0n) is 21.7. The number of nitrogens with one attached hydrogen (secondary N) is 1. The Morgan fingerprint density at radius 3 is 2.03 bits per heavy atom. The molecule has 1 amide bonds. The molecule has 0 aromatic heterocycles. The average Bonchev–Trinajstić information content (AvgIpc) is 2.73. The van der Waals surface area contributed by atoms with Gasteiger partial charge in [-0.25, -0.2) is 4.57 Å². The molecule has 0 aliphatic heterocycles. The predicted octanol–water partition coefficient (Wildman–Crippen LogP) is 5.96. The lowest BCUT2D eigenvalue weighted by atomic mass is 10.0. The van der Waals surface area contributed by atoms with E-state index in [0.717, 1.165) is 19.3 Å². The summed E-state index contributed by atoms with van der Waals surface area (Å²) < 4.78 is 22.3. The SMILES string of the molecule is CCCCCCCCCCCCC/C=C/C(O)C(COP(=O)(O)OCC[N+](C)(C)C)NC(=O)I. The molecular formula is C24H49IN2O6P+. The van der Waals surface area contributed by atoms with Gasteiger partial charge >= 0.3 is 7.82 Å². The lowest BCUT2D eigenvalue weighted by Gasteiger charge is -2.25. The van der Waals surface area contributed by atoms with Gasteiger partial charge in [-0.1, -0.05) is 83.3 Å². The first-order valence-electron chi connectivity index (χ1n) is 12.7. The van der Waals surface area contributed by atoms with Gasteiger partial charge < -0.3 is 19.8 Å². The maximum atomic E-state index is 12.1. The Labute approximate surface area is 221 Å². The number of aliphatic hydroxyl groups is 1. The van der Waals surface area contributed by atoms with E-state index in [9.17, 15) is 19.4 Å². The van der Waals surface area contributed by atoms with Gasteiger partial charge in [0, 0.05) is 22.6 Å². The number of aliphatic hydroxyl groups excluding tert-OH is 1. The fourth-order valence-electron chi connectivity index (χ4n) is 3.31. The van der Waals surface area contributed by atoms with Gasteiger partial charge in [-0.2, -0.15) is 0 Å². The molecule has 0 heterocycles. The molecule has 0 aromatic rings. The third-order valence-electron chi connectivity index (χ3n) is 5.45. The van der Waals surface area contributed by atoms with Crippen molar-refractivity contribution in [2.24, 2.45) is 0 Å². The summed E-state index contributed by atoms with van der Waals surface area (Å²) in [5.41, 5.74) is 0. The van der Waals surface area contributed by atoms with Crippen LogP contribution >= 0.6 is 30.4 Å². The molecule has 3 N–H and O–H groups in total. The number of amides is 1. The monoisotopic (exact) mass is 619 g/mol. The molecule has 0 aliphatic carbocycles. The van der Waals surface area contributed by atoms with Crippen molar-refractivity contribution in [3.8, 4) is 0 Å². The molecule has 0 aromatic carbocycles. The standard InChI is InChI=1S/C24H48IN2O6P/c1-5-6-7-8-9-10-11-12-13-14-15-16-17-18-23(28)22(26-24(25)29)21-33-34(30,31)32-20-19-27(2,3)4/h17-18,22-23,28H,5-16,19-21H2,1-4H3,(H-,26,29,30,31)/p+1/b18-17+. The van der Waals surface area contributed by atoms with Crippen LogP contribution in [0.5, 0.6) is 0 Å². The summed E-state index contributed by atoms with van der Waals surface area (Å²) in [5, 5.41) is 13.0.